The summed E-state index contributed by atoms with van der Waals surface area (Å²) in [4.78, 5) is 26.8. The summed E-state index contributed by atoms with van der Waals surface area (Å²) in [5, 5.41) is 1.43. The number of carbonyl (C=O) groups is 1. The van der Waals surface area contributed by atoms with Crippen molar-refractivity contribution in [2.45, 2.75) is 26.3 Å². The van der Waals surface area contributed by atoms with Crippen molar-refractivity contribution in [2.24, 2.45) is 5.92 Å². The number of methoxy groups -OCH3 is 1. The minimum Gasteiger partial charge on any atom is -0.497 e. The smallest absolute Gasteiger partial charge is 0.258 e. The maximum atomic E-state index is 12.5. The third-order valence-electron chi connectivity index (χ3n) is 4.63. The molecule has 2 heterocycles. The zero-order valence-electron chi connectivity index (χ0n) is 13.6. The zero-order chi connectivity index (χ0) is 16.4. The van der Waals surface area contributed by atoms with Gasteiger partial charge >= 0.3 is 0 Å². The van der Waals surface area contributed by atoms with E-state index < -0.39 is 0 Å². The van der Waals surface area contributed by atoms with Gasteiger partial charge in [0, 0.05) is 24.7 Å². The van der Waals surface area contributed by atoms with Gasteiger partial charge in [-0.05, 0) is 48.4 Å². The number of hydrogen-bond donors (Lipinski definition) is 0. The molecule has 5 nitrogen and oxygen atoms in total. The lowest BCUT2D eigenvalue weighted by Crippen LogP contribution is -2.41. The molecule has 1 aromatic heterocycles. The summed E-state index contributed by atoms with van der Waals surface area (Å²) in [7, 11) is 1.60. The van der Waals surface area contributed by atoms with Crippen molar-refractivity contribution in [2.75, 3.05) is 20.2 Å². The minimum absolute atomic E-state index is 0.0202. The molecule has 0 spiro atoms. The minimum atomic E-state index is -0.135. The second kappa shape index (κ2) is 6.44. The summed E-state index contributed by atoms with van der Waals surface area (Å²) in [6.45, 7) is 3.90. The highest BCUT2D eigenvalue weighted by Crippen LogP contribution is 2.18. The Morgan fingerprint density at radius 3 is 2.70 bits per heavy atom. The van der Waals surface area contributed by atoms with E-state index in [4.69, 9.17) is 4.74 Å². The van der Waals surface area contributed by atoms with Gasteiger partial charge in [0.05, 0.1) is 7.11 Å². The molecule has 0 unspecified atom stereocenters. The standard InChI is InChI=1S/C18H22N2O3/c1-13-5-8-19(9-6-13)17(21)12-20-10-7-14-11-15(23-2)3-4-16(14)18(20)22/h3-4,7,10-11,13H,5-6,8-9,12H2,1-2H3. The zero-order valence-corrected chi connectivity index (χ0v) is 13.6. The van der Waals surface area contributed by atoms with E-state index in [1.807, 2.05) is 17.0 Å². The van der Waals surface area contributed by atoms with Crippen LogP contribution in [0.15, 0.2) is 35.3 Å². The average Bonchev–Trinajstić information content (AvgIpc) is 2.57. The fourth-order valence-corrected chi connectivity index (χ4v) is 3.02. The van der Waals surface area contributed by atoms with Crippen molar-refractivity contribution < 1.29 is 9.53 Å². The fourth-order valence-electron chi connectivity index (χ4n) is 3.02. The van der Waals surface area contributed by atoms with Crippen LogP contribution in [0.25, 0.3) is 10.8 Å². The number of nitrogens with zero attached hydrogens (tertiary/aromatic N) is 2. The number of hydrogen-bond acceptors (Lipinski definition) is 3. The Bertz CT molecular complexity index is 773. The molecule has 2 aromatic rings. The molecule has 0 aliphatic carbocycles. The molecule has 5 heteroatoms. The molecule has 0 radical (unpaired) electrons. The van der Waals surface area contributed by atoms with Gasteiger partial charge < -0.3 is 14.2 Å². The Labute approximate surface area is 135 Å². The molecule has 1 fully saturated rings. The monoisotopic (exact) mass is 314 g/mol. The van der Waals surface area contributed by atoms with E-state index in [0.717, 1.165) is 31.3 Å². The molecular weight excluding hydrogens is 292 g/mol. The Morgan fingerprint density at radius 1 is 1.26 bits per heavy atom. The largest absolute Gasteiger partial charge is 0.497 e. The van der Waals surface area contributed by atoms with Crippen LogP contribution in [-0.4, -0.2) is 35.6 Å². The topological polar surface area (TPSA) is 51.5 Å². The van der Waals surface area contributed by atoms with Gasteiger partial charge in [-0.25, -0.2) is 0 Å². The molecule has 0 saturated carbocycles. The van der Waals surface area contributed by atoms with Crippen LogP contribution in [0.1, 0.15) is 19.8 Å². The first kappa shape index (κ1) is 15.6. The van der Waals surface area contributed by atoms with Crippen LogP contribution in [-0.2, 0) is 11.3 Å². The van der Waals surface area contributed by atoms with E-state index in [9.17, 15) is 9.59 Å². The Hall–Kier alpha value is -2.30. The number of fused-ring (bicyclic) bond motifs is 1. The molecule has 23 heavy (non-hydrogen) atoms. The van der Waals surface area contributed by atoms with Crippen LogP contribution in [0.2, 0.25) is 0 Å². The fraction of sp³-hybridized carbons (Fsp3) is 0.444. The first-order valence-corrected chi connectivity index (χ1v) is 8.03. The third-order valence-corrected chi connectivity index (χ3v) is 4.63. The summed E-state index contributed by atoms with van der Waals surface area (Å²) in [6.07, 6.45) is 3.77. The van der Waals surface area contributed by atoms with Crippen LogP contribution >= 0.6 is 0 Å². The Morgan fingerprint density at radius 2 is 2.00 bits per heavy atom. The molecule has 0 atom stereocenters. The number of rotatable bonds is 3. The van der Waals surface area contributed by atoms with Crippen molar-refractivity contribution >= 4 is 16.7 Å². The van der Waals surface area contributed by atoms with Gasteiger partial charge in [-0.15, -0.1) is 0 Å². The van der Waals surface area contributed by atoms with Crippen LogP contribution in [0.3, 0.4) is 0 Å². The second-order valence-corrected chi connectivity index (χ2v) is 6.27. The maximum absolute atomic E-state index is 12.5. The first-order chi connectivity index (χ1) is 11.1. The lowest BCUT2D eigenvalue weighted by Gasteiger charge is -2.30. The van der Waals surface area contributed by atoms with Crippen LogP contribution in [0.4, 0.5) is 0 Å². The average molecular weight is 314 g/mol. The normalized spacial score (nSPS) is 15.8. The third kappa shape index (κ3) is 3.23. The van der Waals surface area contributed by atoms with Gasteiger partial charge in [-0.3, -0.25) is 9.59 Å². The first-order valence-electron chi connectivity index (χ1n) is 8.03. The Kier molecular flexibility index (Phi) is 4.37. The van der Waals surface area contributed by atoms with E-state index >= 15 is 0 Å². The van der Waals surface area contributed by atoms with E-state index in [1.165, 1.54) is 4.57 Å². The predicted molar refractivity (Wildman–Crippen MR) is 89.7 cm³/mol. The van der Waals surface area contributed by atoms with Gasteiger partial charge in [-0.1, -0.05) is 6.92 Å². The summed E-state index contributed by atoms with van der Waals surface area (Å²) >= 11 is 0. The number of aromatic nitrogens is 1. The molecule has 0 bridgehead atoms. The van der Waals surface area contributed by atoms with Crippen molar-refractivity contribution in [3.63, 3.8) is 0 Å². The maximum Gasteiger partial charge on any atom is 0.258 e. The summed E-state index contributed by atoms with van der Waals surface area (Å²) in [5.74, 6) is 1.41. The van der Waals surface area contributed by atoms with Gasteiger partial charge in [0.2, 0.25) is 5.91 Å². The Balaban J connectivity index is 1.82. The van der Waals surface area contributed by atoms with Crippen LogP contribution < -0.4 is 10.3 Å². The van der Waals surface area contributed by atoms with E-state index in [-0.39, 0.29) is 18.0 Å². The molecule has 1 aliphatic heterocycles. The quantitative estimate of drug-likeness (QED) is 0.873. The van der Waals surface area contributed by atoms with Gasteiger partial charge in [-0.2, -0.15) is 0 Å². The summed E-state index contributed by atoms with van der Waals surface area (Å²) < 4.78 is 6.67. The van der Waals surface area contributed by atoms with Crippen LogP contribution in [0, 0.1) is 5.92 Å². The van der Waals surface area contributed by atoms with Crippen molar-refractivity contribution in [1.29, 1.82) is 0 Å². The highest BCUT2D eigenvalue weighted by molar-refractivity contribution is 5.83. The van der Waals surface area contributed by atoms with Gasteiger partial charge in [0.25, 0.3) is 5.56 Å². The van der Waals surface area contributed by atoms with Crippen molar-refractivity contribution in [1.82, 2.24) is 9.47 Å². The lowest BCUT2D eigenvalue weighted by atomic mass is 9.99. The SMILES string of the molecule is COc1ccc2c(=O)n(CC(=O)N3CCC(C)CC3)ccc2c1. The summed E-state index contributed by atoms with van der Waals surface area (Å²) in [6, 6.07) is 7.20. The number of carbonyl (C=O) groups excluding carboxylic acids is 1. The number of ether oxygens (including phenoxy) is 1. The number of pyridine rings is 1. The molecule has 3 rings (SSSR count). The molecule has 1 saturated heterocycles. The van der Waals surface area contributed by atoms with E-state index in [1.54, 1.807) is 25.4 Å². The van der Waals surface area contributed by atoms with Crippen molar-refractivity contribution in [3.8, 4) is 5.75 Å². The molecule has 1 aliphatic rings. The number of amides is 1. The van der Waals surface area contributed by atoms with Crippen LogP contribution in [0.5, 0.6) is 5.75 Å². The summed E-state index contributed by atoms with van der Waals surface area (Å²) in [5.41, 5.74) is -0.135. The lowest BCUT2D eigenvalue weighted by molar-refractivity contribution is -0.133. The molecule has 0 N–H and O–H groups in total. The highest BCUT2D eigenvalue weighted by atomic mass is 16.5. The van der Waals surface area contributed by atoms with Crippen molar-refractivity contribution in [3.05, 3.63) is 40.8 Å². The molecule has 1 amide bonds. The molecule has 1 aromatic carbocycles. The molecular formula is C18H22N2O3. The second-order valence-electron chi connectivity index (χ2n) is 6.27. The highest BCUT2D eigenvalue weighted by Gasteiger charge is 2.20. The number of piperidine rings is 1. The van der Waals surface area contributed by atoms with Gasteiger partial charge in [0.15, 0.2) is 0 Å². The van der Waals surface area contributed by atoms with E-state index in [2.05, 4.69) is 6.92 Å². The van der Waals surface area contributed by atoms with E-state index in [0.29, 0.717) is 17.1 Å². The molecule has 122 valence electrons. The van der Waals surface area contributed by atoms with Gasteiger partial charge in [0.1, 0.15) is 12.3 Å². The number of likely N-dealkylation sites (tertiary alicyclic amines) is 1. The predicted octanol–water partition coefficient (Wildman–Crippen LogP) is 2.27. The number of benzene rings is 1.